The Bertz CT molecular complexity index is 410. The molecule has 18 heavy (non-hydrogen) atoms. The summed E-state index contributed by atoms with van der Waals surface area (Å²) in [4.78, 5) is 12.9. The second-order valence-corrected chi connectivity index (χ2v) is 4.92. The van der Waals surface area contributed by atoms with E-state index in [1.807, 2.05) is 35.2 Å². The topological polar surface area (TPSA) is 40.5 Å². The first kappa shape index (κ1) is 13.0. The van der Waals surface area contributed by atoms with Gasteiger partial charge >= 0.3 is 5.97 Å². The molecule has 0 aromatic heterocycles. The van der Waals surface area contributed by atoms with Crippen molar-refractivity contribution in [3.8, 4) is 0 Å². The zero-order valence-electron chi connectivity index (χ0n) is 10.3. The average Bonchev–Trinajstić information content (AvgIpc) is 2.53. The Morgan fingerprint density at radius 2 is 2.06 bits per heavy atom. The van der Waals surface area contributed by atoms with Crippen molar-refractivity contribution in [2.75, 3.05) is 13.1 Å². The van der Waals surface area contributed by atoms with Crippen LogP contribution in [0.5, 0.6) is 0 Å². The summed E-state index contributed by atoms with van der Waals surface area (Å²) >= 11 is 0. The monoisotopic (exact) mass is 251 g/mol. The molecule has 1 heterocycles. The Kier molecular flexibility index (Phi) is 3.97. The van der Waals surface area contributed by atoms with Gasteiger partial charge < -0.3 is 5.11 Å². The molecule has 0 saturated carbocycles. The number of carboxylic acids is 1. The van der Waals surface area contributed by atoms with Crippen LogP contribution >= 0.6 is 0 Å². The molecule has 1 saturated heterocycles. The molecule has 1 N–H and O–H groups in total. The van der Waals surface area contributed by atoms with Crippen molar-refractivity contribution in [1.82, 2.24) is 4.90 Å². The molecule has 3 nitrogen and oxygen atoms in total. The van der Waals surface area contributed by atoms with Crippen LogP contribution in [0.15, 0.2) is 30.3 Å². The summed E-state index contributed by atoms with van der Waals surface area (Å²) in [5.74, 6) is -1.33. The first-order valence-corrected chi connectivity index (χ1v) is 6.29. The fourth-order valence-electron chi connectivity index (χ4n) is 2.40. The maximum absolute atomic E-state index is 14.3. The second kappa shape index (κ2) is 5.48. The van der Waals surface area contributed by atoms with E-state index in [0.717, 1.165) is 18.5 Å². The third kappa shape index (κ3) is 3.07. The van der Waals surface area contributed by atoms with Gasteiger partial charge in [0.1, 0.15) is 0 Å². The number of likely N-dealkylation sites (tertiary alicyclic amines) is 1. The van der Waals surface area contributed by atoms with Gasteiger partial charge in [0.15, 0.2) is 0 Å². The van der Waals surface area contributed by atoms with Crippen molar-refractivity contribution in [2.45, 2.75) is 31.5 Å². The minimum Gasteiger partial charge on any atom is -0.479 e. The van der Waals surface area contributed by atoms with Crippen molar-refractivity contribution < 1.29 is 14.3 Å². The summed E-state index contributed by atoms with van der Waals surface area (Å²) in [6, 6.07) is 9.76. The van der Waals surface area contributed by atoms with Crippen molar-refractivity contribution in [3.63, 3.8) is 0 Å². The lowest BCUT2D eigenvalue weighted by Crippen LogP contribution is -2.44. The molecule has 98 valence electrons. The van der Waals surface area contributed by atoms with Crippen molar-refractivity contribution in [3.05, 3.63) is 35.9 Å². The number of hydrogen-bond donors (Lipinski definition) is 1. The van der Waals surface area contributed by atoms with Crippen molar-refractivity contribution in [2.24, 2.45) is 0 Å². The van der Waals surface area contributed by atoms with Gasteiger partial charge in [0.25, 0.3) is 0 Å². The highest BCUT2D eigenvalue weighted by molar-refractivity contribution is 5.77. The van der Waals surface area contributed by atoms with E-state index in [2.05, 4.69) is 0 Å². The Morgan fingerprint density at radius 1 is 1.33 bits per heavy atom. The smallest absolute Gasteiger partial charge is 0.342 e. The van der Waals surface area contributed by atoms with Crippen LogP contribution in [0.3, 0.4) is 0 Å². The van der Waals surface area contributed by atoms with Crippen LogP contribution in [0.1, 0.15) is 24.8 Å². The molecule has 0 radical (unpaired) electrons. The van der Waals surface area contributed by atoms with Gasteiger partial charge in [-0.3, -0.25) is 4.90 Å². The number of carbonyl (C=O) groups is 1. The summed E-state index contributed by atoms with van der Waals surface area (Å²) in [6.45, 7) is 1.35. The number of carboxylic acid groups (broad SMARTS) is 1. The van der Waals surface area contributed by atoms with Crippen LogP contribution < -0.4 is 0 Å². The standard InChI is InChI=1S/C14H18FNO2/c15-14(13(17)18)8-4-5-9-16(11-14)10-12-6-2-1-3-7-12/h1-3,6-7H,4-5,8-11H2,(H,17,18). The lowest BCUT2D eigenvalue weighted by molar-refractivity contribution is -0.152. The Labute approximate surface area is 106 Å². The number of aliphatic carboxylic acids is 1. The molecule has 2 rings (SSSR count). The Hall–Kier alpha value is -1.42. The largest absolute Gasteiger partial charge is 0.479 e. The first-order chi connectivity index (χ1) is 8.60. The molecule has 1 unspecified atom stereocenters. The number of alkyl halides is 1. The van der Waals surface area contributed by atoms with Crippen LogP contribution in [0.4, 0.5) is 4.39 Å². The number of halogens is 1. The molecule has 0 spiro atoms. The zero-order valence-corrected chi connectivity index (χ0v) is 10.3. The number of benzene rings is 1. The molecule has 0 amide bonds. The SMILES string of the molecule is O=C(O)C1(F)CCCCN(Cc2ccccc2)C1. The van der Waals surface area contributed by atoms with Crippen molar-refractivity contribution in [1.29, 1.82) is 0 Å². The number of hydrogen-bond acceptors (Lipinski definition) is 2. The fourth-order valence-corrected chi connectivity index (χ4v) is 2.40. The van der Waals surface area contributed by atoms with Gasteiger partial charge in [-0.15, -0.1) is 0 Å². The van der Waals surface area contributed by atoms with Crippen molar-refractivity contribution >= 4 is 5.97 Å². The molecule has 1 aromatic rings. The molecule has 4 heteroatoms. The molecular weight excluding hydrogens is 233 g/mol. The average molecular weight is 251 g/mol. The highest BCUT2D eigenvalue weighted by Gasteiger charge is 2.41. The molecule has 1 aliphatic heterocycles. The third-order valence-electron chi connectivity index (χ3n) is 3.40. The molecule has 1 fully saturated rings. The summed E-state index contributed by atoms with van der Waals surface area (Å²) in [5, 5.41) is 9.00. The normalized spacial score (nSPS) is 25.6. The predicted octanol–water partition coefficient (Wildman–Crippen LogP) is 2.47. The lowest BCUT2D eigenvalue weighted by atomic mass is 10.00. The van der Waals surface area contributed by atoms with Gasteiger partial charge in [0.05, 0.1) is 0 Å². The summed E-state index contributed by atoms with van der Waals surface area (Å²) in [5.41, 5.74) is -1.00. The van der Waals surface area contributed by atoms with E-state index in [1.54, 1.807) is 0 Å². The molecular formula is C14H18FNO2. The molecule has 1 aliphatic rings. The van der Waals surface area contributed by atoms with Crippen LogP contribution in [-0.4, -0.2) is 34.7 Å². The number of nitrogens with zero attached hydrogens (tertiary/aromatic N) is 1. The predicted molar refractivity (Wildman–Crippen MR) is 67.0 cm³/mol. The van der Waals surface area contributed by atoms with Gasteiger partial charge in [-0.1, -0.05) is 30.3 Å². The number of rotatable bonds is 3. The third-order valence-corrected chi connectivity index (χ3v) is 3.40. The van der Waals surface area contributed by atoms with Crippen LogP contribution in [0, 0.1) is 0 Å². The molecule has 1 aromatic carbocycles. The summed E-state index contributed by atoms with van der Waals surface area (Å²) < 4.78 is 14.3. The van der Waals surface area contributed by atoms with E-state index in [9.17, 15) is 9.18 Å². The van der Waals surface area contributed by atoms with Gasteiger partial charge in [0, 0.05) is 13.1 Å². The minimum absolute atomic E-state index is 0.0166. The lowest BCUT2D eigenvalue weighted by Gasteiger charge is -2.26. The summed E-state index contributed by atoms with van der Waals surface area (Å²) in [7, 11) is 0. The van der Waals surface area contributed by atoms with E-state index in [0.29, 0.717) is 13.0 Å². The second-order valence-electron chi connectivity index (χ2n) is 4.92. The van der Waals surface area contributed by atoms with Gasteiger partial charge in [0.2, 0.25) is 5.67 Å². The van der Waals surface area contributed by atoms with E-state index in [1.165, 1.54) is 0 Å². The minimum atomic E-state index is -2.09. The highest BCUT2D eigenvalue weighted by Crippen LogP contribution is 2.26. The van der Waals surface area contributed by atoms with E-state index in [-0.39, 0.29) is 13.0 Å². The Morgan fingerprint density at radius 3 is 2.72 bits per heavy atom. The highest BCUT2D eigenvalue weighted by atomic mass is 19.1. The van der Waals surface area contributed by atoms with Crippen LogP contribution in [-0.2, 0) is 11.3 Å². The van der Waals surface area contributed by atoms with Gasteiger partial charge in [-0.2, -0.15) is 0 Å². The van der Waals surface area contributed by atoms with Gasteiger partial charge in [-0.25, -0.2) is 9.18 Å². The summed E-state index contributed by atoms with van der Waals surface area (Å²) in [6.07, 6.45) is 1.60. The van der Waals surface area contributed by atoms with Gasteiger partial charge in [-0.05, 0) is 31.4 Å². The van der Waals surface area contributed by atoms with E-state index in [4.69, 9.17) is 5.11 Å². The van der Waals surface area contributed by atoms with Crippen LogP contribution in [0.2, 0.25) is 0 Å². The zero-order chi connectivity index (χ0) is 13.0. The van der Waals surface area contributed by atoms with E-state index >= 15 is 0 Å². The Balaban J connectivity index is 2.06. The maximum atomic E-state index is 14.3. The van der Waals surface area contributed by atoms with E-state index < -0.39 is 11.6 Å². The molecule has 1 atom stereocenters. The van der Waals surface area contributed by atoms with Crippen LogP contribution in [0.25, 0.3) is 0 Å². The quantitative estimate of drug-likeness (QED) is 0.897. The molecule has 0 aliphatic carbocycles. The maximum Gasteiger partial charge on any atom is 0.342 e. The first-order valence-electron chi connectivity index (χ1n) is 6.29. The fraction of sp³-hybridized carbons (Fsp3) is 0.500. The molecule has 0 bridgehead atoms.